The minimum Gasteiger partial charge on any atom is -0.358 e. The number of halogens is 1. The maximum Gasteiger partial charge on any atom is 0.259 e. The van der Waals surface area contributed by atoms with Crippen LogP contribution in [-0.4, -0.2) is 65.4 Å². The van der Waals surface area contributed by atoms with Crippen LogP contribution in [0.25, 0.3) is 10.9 Å². The van der Waals surface area contributed by atoms with Gasteiger partial charge < -0.3 is 9.88 Å². The summed E-state index contributed by atoms with van der Waals surface area (Å²) < 4.78 is 13.7. The Morgan fingerprint density at radius 3 is 2.75 bits per heavy atom. The molecule has 0 saturated carbocycles. The minimum atomic E-state index is -0.494. The van der Waals surface area contributed by atoms with Gasteiger partial charge in [0.05, 0.1) is 5.52 Å². The van der Waals surface area contributed by atoms with Crippen molar-refractivity contribution < 1.29 is 9.18 Å². The number of carbonyl (C=O) groups is 1. The molecule has 2 aromatic rings. The number of amides is 1. The molecule has 1 N–H and O–H groups in total. The quantitative estimate of drug-likeness (QED) is 0.914. The first-order valence-electron chi connectivity index (χ1n) is 7.92. The lowest BCUT2D eigenvalue weighted by molar-refractivity contribution is 0.0643. The third kappa shape index (κ3) is 3.32. The number of pyridine rings is 1. The summed E-state index contributed by atoms with van der Waals surface area (Å²) in [5.74, 6) is 0.294. The number of fused-ring (bicyclic) bond motifs is 1. The first kappa shape index (κ1) is 17.0. The van der Waals surface area contributed by atoms with Crippen LogP contribution >= 0.6 is 11.8 Å². The fourth-order valence-corrected chi connectivity index (χ4v) is 3.38. The fraction of sp³-hybridized carbons (Fsp3) is 0.412. The number of piperazine rings is 1. The standard InChI is InChI=1S/C17H20FN3O2S/c1-24-10-9-20-5-7-21(8-6-20)17(23)13-11-19-15-12(16(13)22)3-2-4-14(15)18/h2-4,11H,5-10H2,1H3,(H,19,22). The smallest absolute Gasteiger partial charge is 0.259 e. The topological polar surface area (TPSA) is 56.4 Å². The molecule has 0 radical (unpaired) electrons. The molecule has 0 bridgehead atoms. The van der Waals surface area contributed by atoms with E-state index in [1.165, 1.54) is 24.4 Å². The molecule has 0 unspecified atom stereocenters. The molecule has 24 heavy (non-hydrogen) atoms. The zero-order valence-corrected chi connectivity index (χ0v) is 14.4. The number of aromatic nitrogens is 1. The molecule has 5 nitrogen and oxygen atoms in total. The third-order valence-electron chi connectivity index (χ3n) is 4.37. The van der Waals surface area contributed by atoms with Gasteiger partial charge in [0.2, 0.25) is 5.43 Å². The molecule has 0 atom stereocenters. The Hall–Kier alpha value is -1.86. The predicted octanol–water partition coefficient (Wildman–Crippen LogP) is 1.79. The summed E-state index contributed by atoms with van der Waals surface area (Å²) in [5, 5.41) is 0.208. The Morgan fingerprint density at radius 1 is 1.29 bits per heavy atom. The summed E-state index contributed by atoms with van der Waals surface area (Å²) in [6.07, 6.45) is 3.41. The van der Waals surface area contributed by atoms with Crippen LogP contribution in [0.4, 0.5) is 4.39 Å². The van der Waals surface area contributed by atoms with Crippen molar-refractivity contribution in [2.75, 3.05) is 44.7 Å². The Bertz CT molecular complexity index is 800. The van der Waals surface area contributed by atoms with Crippen LogP contribution in [0.2, 0.25) is 0 Å². The summed E-state index contributed by atoms with van der Waals surface area (Å²) in [6, 6.07) is 4.30. The van der Waals surface area contributed by atoms with Crippen molar-refractivity contribution >= 4 is 28.6 Å². The van der Waals surface area contributed by atoms with Crippen LogP contribution in [-0.2, 0) is 0 Å². The predicted molar refractivity (Wildman–Crippen MR) is 95.3 cm³/mol. The molecule has 3 rings (SSSR count). The average Bonchev–Trinajstić information content (AvgIpc) is 2.61. The monoisotopic (exact) mass is 349 g/mol. The van der Waals surface area contributed by atoms with Crippen LogP contribution in [0.3, 0.4) is 0 Å². The summed E-state index contributed by atoms with van der Waals surface area (Å²) in [4.78, 5) is 32.0. The van der Waals surface area contributed by atoms with Crippen molar-refractivity contribution in [1.29, 1.82) is 0 Å². The van der Waals surface area contributed by atoms with E-state index >= 15 is 0 Å². The van der Waals surface area contributed by atoms with Gasteiger partial charge in [-0.05, 0) is 18.4 Å². The van der Waals surface area contributed by atoms with Gasteiger partial charge in [-0.25, -0.2) is 4.39 Å². The van der Waals surface area contributed by atoms with E-state index in [4.69, 9.17) is 0 Å². The number of para-hydroxylation sites is 1. The number of benzene rings is 1. The lowest BCUT2D eigenvalue weighted by Crippen LogP contribution is -2.49. The van der Waals surface area contributed by atoms with Crippen molar-refractivity contribution in [3.05, 3.63) is 46.0 Å². The van der Waals surface area contributed by atoms with Gasteiger partial charge in [-0.2, -0.15) is 11.8 Å². The van der Waals surface area contributed by atoms with E-state index in [-0.39, 0.29) is 22.4 Å². The van der Waals surface area contributed by atoms with Gasteiger partial charge in [0.25, 0.3) is 5.91 Å². The second-order valence-corrected chi connectivity index (χ2v) is 6.81. The van der Waals surface area contributed by atoms with Crippen LogP contribution in [0.5, 0.6) is 0 Å². The van der Waals surface area contributed by atoms with Crippen LogP contribution in [0, 0.1) is 5.82 Å². The molecule has 0 spiro atoms. The maximum absolute atomic E-state index is 13.7. The number of H-pyrrole nitrogens is 1. The molecular weight excluding hydrogens is 329 g/mol. The Balaban J connectivity index is 1.78. The molecule has 1 aliphatic rings. The van der Waals surface area contributed by atoms with E-state index in [1.54, 1.807) is 16.7 Å². The van der Waals surface area contributed by atoms with Gasteiger partial charge in [0.1, 0.15) is 11.4 Å². The van der Waals surface area contributed by atoms with Crippen molar-refractivity contribution in [3.63, 3.8) is 0 Å². The summed E-state index contributed by atoms with van der Waals surface area (Å²) in [7, 11) is 0. The average molecular weight is 349 g/mol. The van der Waals surface area contributed by atoms with Gasteiger partial charge in [0.15, 0.2) is 0 Å². The lowest BCUT2D eigenvalue weighted by atomic mass is 10.1. The van der Waals surface area contributed by atoms with Crippen LogP contribution < -0.4 is 5.43 Å². The van der Waals surface area contributed by atoms with Crippen molar-refractivity contribution in [3.8, 4) is 0 Å². The number of hydrogen-bond acceptors (Lipinski definition) is 4. The zero-order chi connectivity index (χ0) is 17.1. The molecule has 1 aliphatic heterocycles. The zero-order valence-electron chi connectivity index (χ0n) is 13.5. The number of carbonyl (C=O) groups excluding carboxylic acids is 1. The van der Waals surface area contributed by atoms with Gasteiger partial charge in [-0.3, -0.25) is 14.5 Å². The highest BCUT2D eigenvalue weighted by Gasteiger charge is 2.24. The molecule has 1 aromatic heterocycles. The summed E-state index contributed by atoms with van der Waals surface area (Å²) in [6.45, 7) is 3.85. The van der Waals surface area contributed by atoms with Crippen molar-refractivity contribution in [1.82, 2.24) is 14.8 Å². The van der Waals surface area contributed by atoms with E-state index in [2.05, 4.69) is 16.1 Å². The number of nitrogens with one attached hydrogen (secondary N) is 1. The normalized spacial score (nSPS) is 15.8. The third-order valence-corrected chi connectivity index (χ3v) is 4.96. The van der Waals surface area contributed by atoms with Crippen LogP contribution in [0.15, 0.2) is 29.2 Å². The molecular formula is C17H20FN3O2S. The number of thioether (sulfide) groups is 1. The molecule has 1 aromatic carbocycles. The second kappa shape index (κ2) is 7.36. The number of nitrogens with zero attached hydrogens (tertiary/aromatic N) is 2. The molecule has 128 valence electrons. The van der Waals surface area contributed by atoms with Crippen LogP contribution in [0.1, 0.15) is 10.4 Å². The largest absolute Gasteiger partial charge is 0.358 e. The fourth-order valence-electron chi connectivity index (χ4n) is 2.94. The molecule has 2 heterocycles. The Kier molecular flexibility index (Phi) is 5.20. The second-order valence-electron chi connectivity index (χ2n) is 5.82. The summed E-state index contributed by atoms with van der Waals surface area (Å²) in [5.41, 5.74) is -0.204. The number of aromatic amines is 1. The molecule has 0 aliphatic carbocycles. The van der Waals surface area contributed by atoms with Crippen molar-refractivity contribution in [2.24, 2.45) is 0 Å². The van der Waals surface area contributed by atoms with Crippen molar-refractivity contribution in [2.45, 2.75) is 0 Å². The highest BCUT2D eigenvalue weighted by Crippen LogP contribution is 2.14. The minimum absolute atomic E-state index is 0.0747. The van der Waals surface area contributed by atoms with E-state index in [1.807, 2.05) is 0 Å². The highest BCUT2D eigenvalue weighted by molar-refractivity contribution is 7.98. The maximum atomic E-state index is 13.7. The lowest BCUT2D eigenvalue weighted by Gasteiger charge is -2.34. The Morgan fingerprint density at radius 2 is 2.04 bits per heavy atom. The number of rotatable bonds is 4. The molecule has 7 heteroatoms. The van der Waals surface area contributed by atoms with E-state index in [9.17, 15) is 14.0 Å². The van der Waals surface area contributed by atoms with E-state index in [0.29, 0.717) is 13.1 Å². The SMILES string of the molecule is CSCCN1CCN(C(=O)c2c[nH]c3c(F)cccc3c2=O)CC1. The Labute approximate surface area is 143 Å². The number of hydrogen-bond donors (Lipinski definition) is 1. The van der Waals surface area contributed by atoms with Gasteiger partial charge in [-0.1, -0.05) is 6.07 Å². The first-order valence-corrected chi connectivity index (χ1v) is 9.31. The van der Waals surface area contributed by atoms with E-state index < -0.39 is 11.2 Å². The van der Waals surface area contributed by atoms with Gasteiger partial charge >= 0.3 is 0 Å². The van der Waals surface area contributed by atoms with Gasteiger partial charge in [0, 0.05) is 50.1 Å². The van der Waals surface area contributed by atoms with E-state index in [0.717, 1.165) is 25.4 Å². The summed E-state index contributed by atoms with van der Waals surface area (Å²) >= 11 is 1.81. The molecule has 1 amide bonds. The first-order chi connectivity index (χ1) is 11.6. The van der Waals surface area contributed by atoms with Gasteiger partial charge in [-0.15, -0.1) is 0 Å². The highest BCUT2D eigenvalue weighted by atomic mass is 32.2. The molecule has 1 saturated heterocycles. The molecule has 1 fully saturated rings.